The van der Waals surface area contributed by atoms with E-state index in [0.29, 0.717) is 0 Å². The number of hydrogen-bond acceptors (Lipinski definition) is 4. The van der Waals surface area contributed by atoms with Gasteiger partial charge in [0.15, 0.2) is 11.2 Å². The standard InChI is InChI=1S/C90H50N4O4/c1-41(2)69-76-78-72-52-23-9-15-33-66(52)95-68(72)40-57-43-19-5-11-29-60(43)91(82(57)78)84(76)70(42(3)4)77-79-74-53-24-10-16-34-67(53)98-90(74)75(73-51-22-6-12-30-61(51)92(85(69)77)86(73)79)59-37-58-45-21-8-14-32-65(45)97-89(58)87-71(59)54-28-18-27-48-56-38-62-55(39-63(56)94(87)81(48)54)47-26-17-25-46-49-35-36-50-44-20-7-13-31-64(44)96-88(50)83(49)93(62)80(46)47/h5-42H,1-4H3. The number of nitrogens with zero attached hydrogens (tertiary/aromatic N) is 4. The highest BCUT2D eigenvalue weighted by atomic mass is 16.3. The molecule has 12 heterocycles. The van der Waals surface area contributed by atoms with Gasteiger partial charge in [-0.1, -0.05) is 179 Å². The van der Waals surface area contributed by atoms with Gasteiger partial charge in [0.2, 0.25) is 0 Å². The van der Waals surface area contributed by atoms with Crippen molar-refractivity contribution in [3.8, 4) is 11.1 Å². The van der Waals surface area contributed by atoms with E-state index < -0.39 is 0 Å². The van der Waals surface area contributed by atoms with E-state index in [9.17, 15) is 0 Å². The van der Waals surface area contributed by atoms with Crippen LogP contribution in [0.5, 0.6) is 0 Å². The molecular formula is C90H50N4O4. The predicted octanol–water partition coefficient (Wildman–Crippen LogP) is 25.8. The third-order valence-corrected chi connectivity index (χ3v) is 23.5. The number of para-hydroxylation sites is 8. The minimum absolute atomic E-state index is 0.0934. The number of hydrogen-bond donors (Lipinski definition) is 0. The van der Waals surface area contributed by atoms with Crippen molar-refractivity contribution in [3.05, 3.63) is 230 Å². The molecule has 8 heteroatoms. The molecule has 12 aromatic heterocycles. The number of rotatable bonds is 3. The Labute approximate surface area is 552 Å². The molecule has 14 aromatic carbocycles. The molecule has 0 amide bonds. The summed E-state index contributed by atoms with van der Waals surface area (Å²) in [6, 6.07) is 80.8. The van der Waals surface area contributed by atoms with E-state index in [4.69, 9.17) is 17.7 Å². The van der Waals surface area contributed by atoms with Crippen LogP contribution in [0.25, 0.3) is 251 Å². The normalized spacial score (nSPS) is 13.5. The maximum absolute atomic E-state index is 7.79. The Balaban J connectivity index is 0.881. The molecule has 0 aliphatic carbocycles. The number of benzene rings is 14. The maximum atomic E-state index is 7.79. The van der Waals surface area contributed by atoms with Crippen molar-refractivity contribution in [2.24, 2.45) is 0 Å². The van der Waals surface area contributed by atoms with E-state index in [-0.39, 0.29) is 11.8 Å². The van der Waals surface area contributed by atoms with E-state index in [1.54, 1.807) is 0 Å². The Morgan fingerprint density at radius 2 is 0.673 bits per heavy atom. The molecule has 0 spiro atoms. The highest BCUT2D eigenvalue weighted by Crippen LogP contribution is 2.60. The summed E-state index contributed by atoms with van der Waals surface area (Å²) in [5, 5.41) is 28.3. The zero-order chi connectivity index (χ0) is 63.5. The lowest BCUT2D eigenvalue weighted by Crippen LogP contribution is -2.01. The molecule has 98 heavy (non-hydrogen) atoms. The summed E-state index contributed by atoms with van der Waals surface area (Å²) < 4.78 is 39.5. The monoisotopic (exact) mass is 1250 g/mol. The molecule has 0 fully saturated rings. The Bertz CT molecular complexity index is 8240. The van der Waals surface area contributed by atoms with Gasteiger partial charge in [-0.25, -0.2) is 0 Å². The van der Waals surface area contributed by atoms with Gasteiger partial charge in [0.05, 0.1) is 66.2 Å². The van der Waals surface area contributed by atoms with Crippen LogP contribution < -0.4 is 0 Å². The Kier molecular flexibility index (Phi) is 8.36. The highest BCUT2D eigenvalue weighted by molar-refractivity contribution is 6.45. The first-order chi connectivity index (χ1) is 48.4. The van der Waals surface area contributed by atoms with Gasteiger partial charge in [0.25, 0.3) is 0 Å². The number of aromatic nitrogens is 4. The molecule has 0 aliphatic rings. The van der Waals surface area contributed by atoms with Gasteiger partial charge < -0.3 is 35.3 Å². The summed E-state index contributed by atoms with van der Waals surface area (Å²) in [6.45, 7) is 9.68. The highest BCUT2D eigenvalue weighted by Gasteiger charge is 2.37. The zero-order valence-electron chi connectivity index (χ0n) is 53.4. The maximum Gasteiger partial charge on any atom is 0.160 e. The largest absolute Gasteiger partial charge is 0.456 e. The molecule has 454 valence electrons. The fourth-order valence-corrected chi connectivity index (χ4v) is 20.1. The van der Waals surface area contributed by atoms with E-state index in [1.165, 1.54) is 136 Å². The molecule has 0 bridgehead atoms. The summed E-state index contributed by atoms with van der Waals surface area (Å²) in [5.41, 5.74) is 26.2. The van der Waals surface area contributed by atoms with Crippen LogP contribution in [0.15, 0.2) is 236 Å². The molecule has 0 saturated heterocycles. The lowest BCUT2D eigenvalue weighted by molar-refractivity contribution is 0.669. The van der Waals surface area contributed by atoms with Crippen LogP contribution in [0.1, 0.15) is 50.7 Å². The van der Waals surface area contributed by atoms with Gasteiger partial charge in [0, 0.05) is 135 Å². The van der Waals surface area contributed by atoms with Gasteiger partial charge in [-0.3, -0.25) is 0 Å². The van der Waals surface area contributed by atoms with Crippen LogP contribution in [0, 0.1) is 0 Å². The van der Waals surface area contributed by atoms with Crippen LogP contribution in [0.2, 0.25) is 0 Å². The van der Waals surface area contributed by atoms with Gasteiger partial charge in [-0.2, -0.15) is 0 Å². The molecule has 0 atom stereocenters. The number of fused-ring (bicyclic) bond motifs is 40. The molecule has 0 aliphatic heterocycles. The third-order valence-electron chi connectivity index (χ3n) is 23.5. The van der Waals surface area contributed by atoms with E-state index >= 15 is 0 Å². The first-order valence-electron chi connectivity index (χ1n) is 34.4. The molecule has 0 saturated carbocycles. The molecule has 8 nitrogen and oxygen atoms in total. The van der Waals surface area contributed by atoms with Crippen molar-refractivity contribution in [2.75, 3.05) is 0 Å². The van der Waals surface area contributed by atoms with Crippen LogP contribution >= 0.6 is 0 Å². The van der Waals surface area contributed by atoms with Crippen LogP contribution in [-0.2, 0) is 0 Å². The molecule has 26 rings (SSSR count). The van der Waals surface area contributed by atoms with Gasteiger partial charge >= 0.3 is 0 Å². The Morgan fingerprint density at radius 3 is 1.34 bits per heavy atom. The van der Waals surface area contributed by atoms with E-state index in [2.05, 4.69) is 264 Å². The summed E-state index contributed by atoms with van der Waals surface area (Å²) in [4.78, 5) is 0. The summed E-state index contributed by atoms with van der Waals surface area (Å²) in [6.07, 6.45) is 0. The van der Waals surface area contributed by atoms with Crippen LogP contribution in [0.4, 0.5) is 0 Å². The number of furan rings is 4. The van der Waals surface area contributed by atoms with Crippen molar-refractivity contribution in [3.63, 3.8) is 0 Å². The first kappa shape index (κ1) is 50.0. The van der Waals surface area contributed by atoms with Gasteiger partial charge in [-0.15, -0.1) is 0 Å². The second kappa shape index (κ2) is 16.4. The molecule has 26 aromatic rings. The quantitative estimate of drug-likeness (QED) is 0.177. The van der Waals surface area contributed by atoms with Crippen molar-refractivity contribution < 1.29 is 17.7 Å². The van der Waals surface area contributed by atoms with Crippen molar-refractivity contribution in [2.45, 2.75) is 39.5 Å². The lowest BCUT2D eigenvalue weighted by Gasteiger charge is -2.19. The predicted molar refractivity (Wildman–Crippen MR) is 408 cm³/mol. The average Bonchev–Trinajstić information content (AvgIpc) is 1.48. The third kappa shape index (κ3) is 5.33. The summed E-state index contributed by atoms with van der Waals surface area (Å²) >= 11 is 0. The minimum Gasteiger partial charge on any atom is -0.456 e. The first-order valence-corrected chi connectivity index (χ1v) is 34.4. The second-order valence-corrected chi connectivity index (χ2v) is 28.7. The SMILES string of the molecule is CC(C)c1c2c3c4c(oc5ccccc54)c(-c4cc5c6ccccc6oc5c5c4c4cccc6c7cc8c(cc7n5c64)c4cccc5c6ccc7c9ccccc9oc7c6n8c45)c4c5ccccc5n(c2c(C(C)C)c2c5c6c(cc7c8ccccc8n(c12)c75)oc1ccccc16)c43. The van der Waals surface area contributed by atoms with Crippen molar-refractivity contribution in [1.29, 1.82) is 0 Å². The van der Waals surface area contributed by atoms with Crippen molar-refractivity contribution in [1.82, 2.24) is 17.6 Å². The molecule has 0 unspecified atom stereocenters. The van der Waals surface area contributed by atoms with E-state index in [1.807, 2.05) is 0 Å². The average molecular weight is 1250 g/mol. The molecule has 0 radical (unpaired) electrons. The fourth-order valence-electron chi connectivity index (χ4n) is 20.1. The lowest BCUT2D eigenvalue weighted by atomic mass is 9.85. The zero-order valence-corrected chi connectivity index (χ0v) is 53.4. The Morgan fingerprint density at radius 1 is 0.224 bits per heavy atom. The van der Waals surface area contributed by atoms with Gasteiger partial charge in [-0.05, 0) is 95.3 Å². The summed E-state index contributed by atoms with van der Waals surface area (Å²) in [5.74, 6) is 0.187. The summed E-state index contributed by atoms with van der Waals surface area (Å²) in [7, 11) is 0. The van der Waals surface area contributed by atoms with Crippen LogP contribution in [-0.4, -0.2) is 17.6 Å². The fraction of sp³-hybridized carbons (Fsp3) is 0.0667. The van der Waals surface area contributed by atoms with Gasteiger partial charge in [0.1, 0.15) is 33.5 Å². The van der Waals surface area contributed by atoms with Crippen molar-refractivity contribution >= 4 is 240 Å². The van der Waals surface area contributed by atoms with E-state index in [0.717, 1.165) is 126 Å². The van der Waals surface area contributed by atoms with Crippen LogP contribution in [0.3, 0.4) is 0 Å². The Hall–Kier alpha value is -12.5. The topological polar surface area (TPSA) is 70.2 Å². The molecular weight excluding hydrogens is 1200 g/mol. The minimum atomic E-state index is 0.0934. The molecule has 0 N–H and O–H groups in total. The smallest absolute Gasteiger partial charge is 0.160 e. The second-order valence-electron chi connectivity index (χ2n) is 28.7.